The second-order valence-corrected chi connectivity index (χ2v) is 4.10. The minimum Gasteiger partial charge on any atom is -0.394 e. The van der Waals surface area contributed by atoms with Crippen LogP contribution in [0, 0.1) is 0 Å². The smallest absolute Gasteiger partial charge is 0.181 e. The molecular formula is C15H15NO2. The Morgan fingerprint density at radius 2 is 1.56 bits per heavy atom. The van der Waals surface area contributed by atoms with E-state index in [0.29, 0.717) is 5.56 Å². The van der Waals surface area contributed by atoms with Crippen molar-refractivity contribution in [3.05, 3.63) is 60.2 Å². The topological polar surface area (TPSA) is 63.3 Å². The van der Waals surface area contributed by atoms with Crippen molar-refractivity contribution in [1.82, 2.24) is 0 Å². The zero-order valence-corrected chi connectivity index (χ0v) is 9.91. The van der Waals surface area contributed by atoms with E-state index >= 15 is 0 Å². The van der Waals surface area contributed by atoms with E-state index in [0.717, 1.165) is 11.1 Å². The molecule has 2 aromatic carbocycles. The van der Waals surface area contributed by atoms with Crippen LogP contribution in [-0.4, -0.2) is 23.5 Å². The van der Waals surface area contributed by atoms with Gasteiger partial charge in [0.25, 0.3) is 0 Å². The van der Waals surface area contributed by atoms with E-state index < -0.39 is 6.04 Å². The molecule has 0 saturated heterocycles. The molecule has 92 valence electrons. The molecule has 3 N–H and O–H groups in total. The summed E-state index contributed by atoms with van der Waals surface area (Å²) in [6.07, 6.45) is 0. The SMILES string of the molecule is NC(CO)C(=O)c1ccc(-c2ccccc2)cc1. The highest BCUT2D eigenvalue weighted by atomic mass is 16.3. The van der Waals surface area contributed by atoms with Gasteiger partial charge in [-0.15, -0.1) is 0 Å². The van der Waals surface area contributed by atoms with Gasteiger partial charge < -0.3 is 10.8 Å². The van der Waals surface area contributed by atoms with Gasteiger partial charge in [0.05, 0.1) is 12.6 Å². The van der Waals surface area contributed by atoms with Crippen LogP contribution in [-0.2, 0) is 0 Å². The molecule has 0 aromatic heterocycles. The lowest BCUT2D eigenvalue weighted by Gasteiger charge is -2.08. The fourth-order valence-corrected chi connectivity index (χ4v) is 1.75. The summed E-state index contributed by atoms with van der Waals surface area (Å²) in [5, 5.41) is 8.85. The van der Waals surface area contributed by atoms with Gasteiger partial charge in [-0.25, -0.2) is 0 Å². The Morgan fingerprint density at radius 1 is 1.00 bits per heavy atom. The van der Waals surface area contributed by atoms with Gasteiger partial charge in [-0.3, -0.25) is 4.79 Å². The third-order valence-electron chi connectivity index (χ3n) is 2.81. The lowest BCUT2D eigenvalue weighted by atomic mass is 10.0. The molecule has 0 spiro atoms. The van der Waals surface area contributed by atoms with Crippen molar-refractivity contribution in [1.29, 1.82) is 0 Å². The highest BCUT2D eigenvalue weighted by molar-refractivity contribution is 6.00. The molecule has 1 atom stereocenters. The van der Waals surface area contributed by atoms with Gasteiger partial charge in [-0.1, -0.05) is 54.6 Å². The first kappa shape index (κ1) is 12.5. The Kier molecular flexibility index (Phi) is 3.87. The lowest BCUT2D eigenvalue weighted by Crippen LogP contribution is -2.33. The Morgan fingerprint density at radius 3 is 2.11 bits per heavy atom. The number of hydrogen-bond donors (Lipinski definition) is 2. The number of aliphatic hydroxyl groups is 1. The summed E-state index contributed by atoms with van der Waals surface area (Å²) < 4.78 is 0. The van der Waals surface area contributed by atoms with Crippen molar-refractivity contribution in [2.24, 2.45) is 5.73 Å². The van der Waals surface area contributed by atoms with Crippen LogP contribution in [0.15, 0.2) is 54.6 Å². The van der Waals surface area contributed by atoms with E-state index in [2.05, 4.69) is 0 Å². The number of rotatable bonds is 4. The van der Waals surface area contributed by atoms with Gasteiger partial charge in [-0.05, 0) is 11.1 Å². The fourth-order valence-electron chi connectivity index (χ4n) is 1.75. The van der Waals surface area contributed by atoms with E-state index in [1.807, 2.05) is 42.5 Å². The molecule has 0 saturated carbocycles. The summed E-state index contributed by atoms with van der Waals surface area (Å²) >= 11 is 0. The minimum atomic E-state index is -0.840. The van der Waals surface area contributed by atoms with Crippen molar-refractivity contribution in [3.8, 4) is 11.1 Å². The molecule has 2 rings (SSSR count). The highest BCUT2D eigenvalue weighted by Gasteiger charge is 2.14. The second kappa shape index (κ2) is 5.58. The van der Waals surface area contributed by atoms with Crippen LogP contribution in [0.4, 0.5) is 0 Å². The number of aliphatic hydroxyl groups excluding tert-OH is 1. The number of nitrogens with two attached hydrogens (primary N) is 1. The van der Waals surface area contributed by atoms with Crippen molar-refractivity contribution in [3.63, 3.8) is 0 Å². The highest BCUT2D eigenvalue weighted by Crippen LogP contribution is 2.19. The maximum atomic E-state index is 11.7. The van der Waals surface area contributed by atoms with Gasteiger partial charge in [0, 0.05) is 5.56 Å². The summed E-state index contributed by atoms with van der Waals surface area (Å²) in [5.74, 6) is -0.239. The molecule has 0 aliphatic heterocycles. The molecule has 3 heteroatoms. The van der Waals surface area contributed by atoms with Crippen molar-refractivity contribution in [2.45, 2.75) is 6.04 Å². The molecule has 0 fully saturated rings. The van der Waals surface area contributed by atoms with Crippen LogP contribution in [0.1, 0.15) is 10.4 Å². The predicted molar refractivity (Wildman–Crippen MR) is 71.3 cm³/mol. The Labute approximate surface area is 106 Å². The first-order valence-corrected chi connectivity index (χ1v) is 5.78. The minimum absolute atomic E-state index is 0.239. The van der Waals surface area contributed by atoms with E-state index in [9.17, 15) is 4.79 Å². The molecule has 0 aliphatic rings. The van der Waals surface area contributed by atoms with Gasteiger partial charge in [-0.2, -0.15) is 0 Å². The van der Waals surface area contributed by atoms with Gasteiger partial charge in [0.1, 0.15) is 0 Å². The van der Waals surface area contributed by atoms with Crippen LogP contribution < -0.4 is 5.73 Å². The standard InChI is InChI=1S/C15H15NO2/c16-14(10-17)15(18)13-8-6-12(7-9-13)11-4-2-1-3-5-11/h1-9,14,17H,10,16H2. The average molecular weight is 241 g/mol. The Bertz CT molecular complexity index is 520. The molecule has 1 unspecified atom stereocenters. The van der Waals surface area contributed by atoms with E-state index in [1.165, 1.54) is 0 Å². The molecule has 0 heterocycles. The number of carbonyl (C=O) groups is 1. The van der Waals surface area contributed by atoms with Crippen LogP contribution in [0.2, 0.25) is 0 Å². The maximum Gasteiger partial charge on any atom is 0.181 e. The van der Waals surface area contributed by atoms with E-state index in [1.54, 1.807) is 12.1 Å². The zero-order valence-electron chi connectivity index (χ0n) is 9.91. The number of ketones is 1. The number of carbonyl (C=O) groups excluding carboxylic acids is 1. The summed E-state index contributed by atoms with van der Waals surface area (Å²) in [6, 6.07) is 16.3. The van der Waals surface area contributed by atoms with Crippen molar-refractivity contribution in [2.75, 3.05) is 6.61 Å². The van der Waals surface area contributed by atoms with Crippen LogP contribution in [0.25, 0.3) is 11.1 Å². The third kappa shape index (κ3) is 2.64. The Balaban J connectivity index is 2.23. The number of hydrogen-bond acceptors (Lipinski definition) is 3. The fraction of sp³-hybridized carbons (Fsp3) is 0.133. The predicted octanol–water partition coefficient (Wildman–Crippen LogP) is 1.86. The van der Waals surface area contributed by atoms with Crippen LogP contribution in [0.3, 0.4) is 0 Å². The average Bonchev–Trinajstić information content (AvgIpc) is 2.47. The summed E-state index contributed by atoms with van der Waals surface area (Å²) in [6.45, 7) is -0.334. The van der Waals surface area contributed by atoms with Crippen LogP contribution >= 0.6 is 0 Å². The van der Waals surface area contributed by atoms with Crippen molar-refractivity contribution >= 4 is 5.78 Å². The van der Waals surface area contributed by atoms with Crippen LogP contribution in [0.5, 0.6) is 0 Å². The van der Waals surface area contributed by atoms with Crippen molar-refractivity contribution < 1.29 is 9.90 Å². The summed E-state index contributed by atoms with van der Waals surface area (Å²) in [5.41, 5.74) is 8.17. The number of Topliss-reactive ketones (excluding diaryl/α,β-unsaturated/α-hetero) is 1. The molecule has 18 heavy (non-hydrogen) atoms. The first-order valence-electron chi connectivity index (χ1n) is 5.78. The molecular weight excluding hydrogens is 226 g/mol. The Hall–Kier alpha value is -1.97. The summed E-state index contributed by atoms with van der Waals surface area (Å²) in [7, 11) is 0. The van der Waals surface area contributed by atoms with Gasteiger partial charge in [0.15, 0.2) is 5.78 Å². The molecule has 0 radical (unpaired) electrons. The molecule has 0 aliphatic carbocycles. The third-order valence-corrected chi connectivity index (χ3v) is 2.81. The van der Waals surface area contributed by atoms with Gasteiger partial charge in [0.2, 0.25) is 0 Å². The monoisotopic (exact) mass is 241 g/mol. The molecule has 0 amide bonds. The first-order chi connectivity index (χ1) is 8.72. The molecule has 3 nitrogen and oxygen atoms in total. The lowest BCUT2D eigenvalue weighted by molar-refractivity contribution is 0.0925. The normalized spacial score (nSPS) is 12.1. The van der Waals surface area contributed by atoms with Gasteiger partial charge >= 0.3 is 0 Å². The largest absolute Gasteiger partial charge is 0.394 e. The quantitative estimate of drug-likeness (QED) is 0.803. The van der Waals surface area contributed by atoms with E-state index in [4.69, 9.17) is 10.8 Å². The summed E-state index contributed by atoms with van der Waals surface area (Å²) in [4.78, 5) is 11.7. The zero-order chi connectivity index (χ0) is 13.0. The second-order valence-electron chi connectivity index (χ2n) is 4.10. The molecule has 2 aromatic rings. The molecule has 0 bridgehead atoms. The number of benzene rings is 2. The maximum absolute atomic E-state index is 11.7. The van der Waals surface area contributed by atoms with E-state index in [-0.39, 0.29) is 12.4 Å².